The van der Waals surface area contributed by atoms with E-state index in [0.717, 1.165) is 40.0 Å². The van der Waals surface area contributed by atoms with Crippen LogP contribution in [0.25, 0.3) is 0 Å². The van der Waals surface area contributed by atoms with Crippen LogP contribution in [0.15, 0.2) is 47.0 Å². The first-order valence-electron chi connectivity index (χ1n) is 8.46. The summed E-state index contributed by atoms with van der Waals surface area (Å²) in [5.74, 6) is 3.99. The summed E-state index contributed by atoms with van der Waals surface area (Å²) < 4.78 is 24.5. The Bertz CT molecular complexity index is 1070. The van der Waals surface area contributed by atoms with Crippen LogP contribution in [0.5, 0.6) is 17.2 Å². The first-order chi connectivity index (χ1) is 13.2. The molecule has 6 nitrogen and oxygen atoms in total. The minimum absolute atomic E-state index is 0.238. The number of aromatic nitrogens is 1. The van der Waals surface area contributed by atoms with E-state index < -0.39 is 0 Å². The minimum Gasteiger partial charge on any atom is -0.491 e. The average Bonchev–Trinajstić information content (AvgIpc) is 3.43. The maximum Gasteiger partial charge on any atom is 0.231 e. The lowest BCUT2D eigenvalue weighted by Crippen LogP contribution is -2.24. The van der Waals surface area contributed by atoms with Crippen LogP contribution in [0.4, 0.5) is 5.82 Å². The van der Waals surface area contributed by atoms with Gasteiger partial charge in [0.15, 0.2) is 16.7 Å². The van der Waals surface area contributed by atoms with Gasteiger partial charge in [0.05, 0.1) is 6.54 Å². The zero-order chi connectivity index (χ0) is 18.0. The van der Waals surface area contributed by atoms with Gasteiger partial charge in [0.2, 0.25) is 6.79 Å². The molecule has 6 rings (SSSR count). The van der Waals surface area contributed by atoms with E-state index in [9.17, 15) is 0 Å². The van der Waals surface area contributed by atoms with Gasteiger partial charge in [-0.05, 0) is 47.8 Å². The molecule has 5 heterocycles. The second kappa shape index (κ2) is 5.50. The Kier molecular flexibility index (Phi) is 3.16. The third-order valence-corrected chi connectivity index (χ3v) is 6.59. The highest BCUT2D eigenvalue weighted by Gasteiger charge is 2.52. The van der Waals surface area contributed by atoms with Crippen LogP contribution in [0.2, 0.25) is 5.22 Å². The van der Waals surface area contributed by atoms with Gasteiger partial charge in [-0.25, -0.2) is 4.98 Å². The van der Waals surface area contributed by atoms with Gasteiger partial charge in [-0.15, -0.1) is 0 Å². The van der Waals surface area contributed by atoms with Gasteiger partial charge in [0.1, 0.15) is 28.7 Å². The van der Waals surface area contributed by atoms with Crippen molar-refractivity contribution in [3.63, 3.8) is 0 Å². The molecule has 0 radical (unpaired) electrons. The van der Waals surface area contributed by atoms with E-state index in [4.69, 9.17) is 30.2 Å². The van der Waals surface area contributed by atoms with Crippen LogP contribution in [-0.4, -0.2) is 18.4 Å². The Hall–Kier alpha value is -2.51. The molecular formula is C19H13ClN2O4S. The highest BCUT2D eigenvalue weighted by atomic mass is 35.5. The molecule has 1 aromatic carbocycles. The monoisotopic (exact) mass is 400 g/mol. The molecule has 0 amide bonds. The van der Waals surface area contributed by atoms with Crippen LogP contribution in [0.3, 0.4) is 0 Å². The number of anilines is 1. The van der Waals surface area contributed by atoms with Crippen molar-refractivity contribution in [1.82, 2.24) is 4.98 Å². The topological polar surface area (TPSA) is 57.0 Å². The van der Waals surface area contributed by atoms with Crippen LogP contribution in [0.1, 0.15) is 16.9 Å². The number of benzene rings is 1. The maximum atomic E-state index is 6.07. The van der Waals surface area contributed by atoms with Gasteiger partial charge < -0.3 is 18.6 Å². The maximum absolute atomic E-state index is 6.07. The SMILES string of the molecule is Clc1ccc(CN2SC3(COc4cc5c(cc43)OCO5)c3cccnc32)o1. The zero-order valence-corrected chi connectivity index (χ0v) is 15.5. The normalized spacial score (nSPS) is 21.4. The van der Waals surface area contributed by atoms with Gasteiger partial charge in [-0.3, -0.25) is 4.31 Å². The lowest BCUT2D eigenvalue weighted by atomic mass is 9.92. The van der Waals surface area contributed by atoms with E-state index in [-0.39, 0.29) is 11.5 Å². The molecule has 0 N–H and O–H groups in total. The first-order valence-corrected chi connectivity index (χ1v) is 9.61. The molecule has 0 fully saturated rings. The Morgan fingerprint density at radius 3 is 2.81 bits per heavy atom. The van der Waals surface area contributed by atoms with Gasteiger partial charge >= 0.3 is 0 Å². The molecule has 0 saturated carbocycles. The van der Waals surface area contributed by atoms with Crippen LogP contribution >= 0.6 is 23.5 Å². The summed E-state index contributed by atoms with van der Waals surface area (Å²) in [4.78, 5) is 4.63. The summed E-state index contributed by atoms with van der Waals surface area (Å²) in [5.41, 5.74) is 2.19. The Morgan fingerprint density at radius 2 is 1.96 bits per heavy atom. The third-order valence-electron chi connectivity index (χ3n) is 4.99. The first kappa shape index (κ1) is 15.5. The predicted octanol–water partition coefficient (Wildman–Crippen LogP) is 4.36. The number of furan rings is 1. The van der Waals surface area contributed by atoms with Crippen molar-refractivity contribution in [2.45, 2.75) is 11.3 Å². The number of hydrogen-bond acceptors (Lipinski definition) is 7. The summed E-state index contributed by atoms with van der Waals surface area (Å²) in [6.45, 7) is 1.31. The second-order valence-corrected chi connectivity index (χ2v) is 8.22. The van der Waals surface area contributed by atoms with E-state index in [1.807, 2.05) is 24.3 Å². The van der Waals surface area contributed by atoms with Crippen molar-refractivity contribution >= 4 is 29.4 Å². The molecule has 0 aliphatic carbocycles. The number of halogens is 1. The summed E-state index contributed by atoms with van der Waals surface area (Å²) in [5, 5.41) is 0.382. The highest BCUT2D eigenvalue weighted by Crippen LogP contribution is 2.61. The molecule has 3 aromatic rings. The summed E-state index contributed by atoms with van der Waals surface area (Å²) in [7, 11) is 0. The van der Waals surface area contributed by atoms with Crippen LogP contribution in [-0.2, 0) is 11.3 Å². The quantitative estimate of drug-likeness (QED) is 0.592. The van der Waals surface area contributed by atoms with E-state index in [1.54, 1.807) is 24.2 Å². The average molecular weight is 401 g/mol. The highest BCUT2D eigenvalue weighted by molar-refractivity contribution is 8.02. The Morgan fingerprint density at radius 1 is 1.07 bits per heavy atom. The Labute approximate surface area is 164 Å². The predicted molar refractivity (Wildman–Crippen MR) is 101 cm³/mol. The summed E-state index contributed by atoms with van der Waals surface area (Å²) in [6.07, 6.45) is 1.80. The van der Waals surface area contributed by atoms with Crippen molar-refractivity contribution in [2.75, 3.05) is 17.7 Å². The fourth-order valence-corrected chi connectivity index (χ4v) is 5.38. The van der Waals surface area contributed by atoms with Crippen LogP contribution < -0.4 is 18.5 Å². The minimum atomic E-state index is -0.379. The fraction of sp³-hybridized carbons (Fsp3) is 0.211. The Balaban J connectivity index is 1.46. The molecular weight excluding hydrogens is 388 g/mol. The van der Waals surface area contributed by atoms with E-state index in [0.29, 0.717) is 18.4 Å². The molecule has 1 unspecified atom stereocenters. The number of fused-ring (bicyclic) bond motifs is 5. The summed E-state index contributed by atoms with van der Waals surface area (Å²) in [6, 6.07) is 11.6. The van der Waals surface area contributed by atoms with E-state index in [2.05, 4.69) is 15.4 Å². The van der Waals surface area contributed by atoms with E-state index >= 15 is 0 Å². The van der Waals surface area contributed by atoms with Crippen molar-refractivity contribution in [3.8, 4) is 17.2 Å². The summed E-state index contributed by atoms with van der Waals surface area (Å²) >= 11 is 7.62. The molecule has 1 spiro atoms. The second-order valence-electron chi connectivity index (χ2n) is 6.53. The number of rotatable bonds is 2. The van der Waals surface area contributed by atoms with Crippen molar-refractivity contribution in [2.24, 2.45) is 0 Å². The largest absolute Gasteiger partial charge is 0.491 e. The van der Waals surface area contributed by atoms with Gasteiger partial charge in [0.25, 0.3) is 0 Å². The molecule has 136 valence electrons. The zero-order valence-electron chi connectivity index (χ0n) is 14.0. The molecule has 0 bridgehead atoms. The molecule has 1 atom stereocenters. The molecule has 3 aliphatic rings. The lowest BCUT2D eigenvalue weighted by Gasteiger charge is -2.23. The lowest BCUT2D eigenvalue weighted by molar-refractivity contribution is 0.173. The number of ether oxygens (including phenoxy) is 3. The molecule has 3 aliphatic heterocycles. The van der Waals surface area contributed by atoms with Gasteiger partial charge in [-0.2, -0.15) is 0 Å². The van der Waals surface area contributed by atoms with E-state index in [1.165, 1.54) is 0 Å². The van der Waals surface area contributed by atoms with Crippen molar-refractivity contribution in [1.29, 1.82) is 0 Å². The standard InChI is InChI=1S/C19H13ClN2O4S/c20-17-4-3-11(26-17)8-22-18-12(2-1-5-21-18)19(27-22)9-23-14-7-16-15(6-13(14)19)24-10-25-16/h1-7H,8-10H2. The molecule has 0 saturated heterocycles. The number of pyridine rings is 1. The van der Waals surface area contributed by atoms with Crippen LogP contribution in [0, 0.1) is 0 Å². The van der Waals surface area contributed by atoms with Crippen molar-refractivity contribution < 1.29 is 18.6 Å². The molecule has 2 aromatic heterocycles. The van der Waals surface area contributed by atoms with Gasteiger partial charge in [0, 0.05) is 23.4 Å². The fourth-order valence-electron chi connectivity index (χ4n) is 3.79. The third kappa shape index (κ3) is 2.18. The number of nitrogens with zero attached hydrogens (tertiary/aromatic N) is 2. The van der Waals surface area contributed by atoms with Gasteiger partial charge in [-0.1, -0.05) is 6.07 Å². The molecule has 8 heteroatoms. The van der Waals surface area contributed by atoms with Crippen molar-refractivity contribution in [3.05, 3.63) is 64.7 Å². The molecule has 27 heavy (non-hydrogen) atoms. The smallest absolute Gasteiger partial charge is 0.231 e. The number of hydrogen-bond donors (Lipinski definition) is 0.